The fourth-order valence-electron chi connectivity index (χ4n) is 4.41. The van der Waals surface area contributed by atoms with Gasteiger partial charge in [0.1, 0.15) is 19.3 Å². The molecule has 1 fully saturated rings. The summed E-state index contributed by atoms with van der Waals surface area (Å²) in [5, 5.41) is 13.6. The van der Waals surface area contributed by atoms with Gasteiger partial charge in [0.15, 0.2) is 17.3 Å². The van der Waals surface area contributed by atoms with Crippen LogP contribution in [0, 0.1) is 0 Å². The maximum Gasteiger partial charge on any atom is 0.253 e. The van der Waals surface area contributed by atoms with Crippen LogP contribution in [-0.2, 0) is 5.54 Å². The van der Waals surface area contributed by atoms with E-state index in [-0.39, 0.29) is 17.1 Å². The average Bonchev–Trinajstić information content (AvgIpc) is 3.46. The number of tetrazole rings is 1. The normalized spacial score (nSPS) is 17.9. The van der Waals surface area contributed by atoms with Crippen molar-refractivity contribution < 1.29 is 9.47 Å². The summed E-state index contributed by atoms with van der Waals surface area (Å²) in [4.78, 5) is 18.7. The summed E-state index contributed by atoms with van der Waals surface area (Å²) in [5.41, 5.74) is 0.982. The molecule has 5 rings (SSSR count). The third-order valence-corrected chi connectivity index (χ3v) is 6.51. The van der Waals surface area contributed by atoms with Gasteiger partial charge in [0.2, 0.25) is 0 Å². The second-order valence-corrected chi connectivity index (χ2v) is 8.90. The van der Waals surface area contributed by atoms with Gasteiger partial charge in [0.25, 0.3) is 5.56 Å². The van der Waals surface area contributed by atoms with Crippen LogP contribution >= 0.6 is 0 Å². The van der Waals surface area contributed by atoms with E-state index in [4.69, 9.17) is 9.47 Å². The van der Waals surface area contributed by atoms with E-state index in [9.17, 15) is 4.79 Å². The summed E-state index contributed by atoms with van der Waals surface area (Å²) in [6.07, 6.45) is 3.06. The van der Waals surface area contributed by atoms with Crippen molar-refractivity contribution in [1.29, 1.82) is 0 Å². The number of ether oxygens (including phenoxy) is 2. The fraction of sp³-hybridized carbons (Fsp3) is 0.545. The first-order valence-electron chi connectivity index (χ1n) is 11.0. The van der Waals surface area contributed by atoms with Gasteiger partial charge in [-0.25, -0.2) is 4.68 Å². The van der Waals surface area contributed by atoms with Crippen LogP contribution < -0.4 is 15.0 Å². The fourth-order valence-corrected chi connectivity index (χ4v) is 4.41. The third kappa shape index (κ3) is 3.46. The molecule has 3 aromatic rings. The molecule has 2 aromatic heterocycles. The Balaban J connectivity index is 1.68. The van der Waals surface area contributed by atoms with E-state index in [2.05, 4.69) is 46.2 Å². The molecule has 0 amide bonds. The summed E-state index contributed by atoms with van der Waals surface area (Å²) in [5.74, 6) is 2.06. The highest BCUT2D eigenvalue weighted by Crippen LogP contribution is 2.36. The Hall–Kier alpha value is -2.94. The van der Waals surface area contributed by atoms with Gasteiger partial charge in [-0.2, -0.15) is 0 Å². The first-order valence-corrected chi connectivity index (χ1v) is 11.0. The first-order chi connectivity index (χ1) is 15.0. The van der Waals surface area contributed by atoms with E-state index in [1.54, 1.807) is 0 Å². The average molecular weight is 425 g/mol. The number of aromatic nitrogens is 5. The van der Waals surface area contributed by atoms with Crippen LogP contribution in [0.1, 0.15) is 57.5 Å². The predicted octanol–water partition coefficient (Wildman–Crippen LogP) is 2.62. The predicted molar refractivity (Wildman–Crippen MR) is 116 cm³/mol. The van der Waals surface area contributed by atoms with E-state index in [1.807, 2.05) is 22.9 Å². The van der Waals surface area contributed by atoms with Crippen LogP contribution in [0.5, 0.6) is 11.5 Å². The lowest BCUT2D eigenvalue weighted by Gasteiger charge is -2.31. The van der Waals surface area contributed by atoms with Crippen LogP contribution in [0.15, 0.2) is 23.0 Å². The van der Waals surface area contributed by atoms with Crippen molar-refractivity contribution in [3.05, 3.63) is 39.9 Å². The van der Waals surface area contributed by atoms with Gasteiger partial charge in [-0.3, -0.25) is 9.69 Å². The Morgan fingerprint density at radius 1 is 1.13 bits per heavy atom. The number of likely N-dealkylation sites (tertiary alicyclic amines) is 1. The number of pyridine rings is 1. The molecule has 0 spiro atoms. The van der Waals surface area contributed by atoms with Crippen LogP contribution in [0.25, 0.3) is 10.9 Å². The van der Waals surface area contributed by atoms with E-state index in [1.165, 1.54) is 0 Å². The van der Waals surface area contributed by atoms with Crippen molar-refractivity contribution in [3.63, 3.8) is 0 Å². The summed E-state index contributed by atoms with van der Waals surface area (Å²) in [6.45, 7) is 9.18. The molecule has 1 N–H and O–H groups in total. The molecule has 164 valence electrons. The Morgan fingerprint density at radius 3 is 2.55 bits per heavy atom. The van der Waals surface area contributed by atoms with Gasteiger partial charge in [-0.05, 0) is 68.8 Å². The molecule has 1 atom stereocenters. The molecule has 1 aromatic carbocycles. The Labute approximate surface area is 180 Å². The molecular weight excluding hydrogens is 396 g/mol. The van der Waals surface area contributed by atoms with Crippen molar-refractivity contribution >= 4 is 10.9 Å². The number of fused-ring (bicyclic) bond motifs is 2. The van der Waals surface area contributed by atoms with Gasteiger partial charge in [0.05, 0.1) is 11.1 Å². The lowest BCUT2D eigenvalue weighted by molar-refractivity contribution is 0.172. The zero-order chi connectivity index (χ0) is 21.6. The van der Waals surface area contributed by atoms with Crippen LogP contribution in [0.3, 0.4) is 0 Å². The molecule has 4 heterocycles. The molecule has 2 aliphatic rings. The second kappa shape index (κ2) is 7.64. The number of hydrogen-bond donors (Lipinski definition) is 1. The minimum atomic E-state index is -0.315. The molecule has 31 heavy (non-hydrogen) atoms. The summed E-state index contributed by atoms with van der Waals surface area (Å²) >= 11 is 0. The van der Waals surface area contributed by atoms with Gasteiger partial charge >= 0.3 is 0 Å². The highest BCUT2D eigenvalue weighted by Gasteiger charge is 2.35. The molecule has 0 radical (unpaired) electrons. The van der Waals surface area contributed by atoms with Gasteiger partial charge in [-0.1, -0.05) is 6.92 Å². The molecule has 9 nitrogen and oxygen atoms in total. The Kier molecular flexibility index (Phi) is 4.92. The van der Waals surface area contributed by atoms with Crippen molar-refractivity contribution in [2.24, 2.45) is 0 Å². The van der Waals surface area contributed by atoms with E-state index in [0.29, 0.717) is 36.1 Å². The molecule has 2 aliphatic heterocycles. The molecular formula is C22H28N6O3. The molecule has 9 heteroatoms. The van der Waals surface area contributed by atoms with Gasteiger partial charge in [-0.15, -0.1) is 5.10 Å². The second-order valence-electron chi connectivity index (χ2n) is 8.90. The quantitative estimate of drug-likeness (QED) is 0.672. The zero-order valence-electron chi connectivity index (χ0n) is 18.2. The Morgan fingerprint density at radius 2 is 1.84 bits per heavy atom. The van der Waals surface area contributed by atoms with Crippen molar-refractivity contribution in [2.45, 2.75) is 51.6 Å². The van der Waals surface area contributed by atoms with Crippen LogP contribution in [0.4, 0.5) is 0 Å². The summed E-state index contributed by atoms with van der Waals surface area (Å²) in [7, 11) is 0. The zero-order valence-corrected chi connectivity index (χ0v) is 18.2. The van der Waals surface area contributed by atoms with Crippen molar-refractivity contribution in [1.82, 2.24) is 30.1 Å². The highest BCUT2D eigenvalue weighted by atomic mass is 16.6. The van der Waals surface area contributed by atoms with Gasteiger partial charge < -0.3 is 14.5 Å². The largest absolute Gasteiger partial charge is 0.486 e. The minimum absolute atomic E-state index is 0.134. The number of nitrogens with one attached hydrogen (secondary N) is 1. The number of hydrogen-bond acceptors (Lipinski definition) is 7. The minimum Gasteiger partial charge on any atom is -0.486 e. The monoisotopic (exact) mass is 424 g/mol. The summed E-state index contributed by atoms with van der Waals surface area (Å²) < 4.78 is 13.3. The first kappa shape index (κ1) is 20.0. The maximum atomic E-state index is 13.3. The highest BCUT2D eigenvalue weighted by molar-refractivity contribution is 5.83. The molecule has 0 bridgehead atoms. The third-order valence-electron chi connectivity index (χ3n) is 6.51. The smallest absolute Gasteiger partial charge is 0.253 e. The molecule has 0 unspecified atom stereocenters. The lowest BCUT2D eigenvalue weighted by atomic mass is 9.99. The SMILES string of the molecule is CCC(C)(C)n1nnnc1[C@@H](c1cc2cc3c(cc2[nH]c1=O)OCCO3)N1CCCC1. The van der Waals surface area contributed by atoms with Crippen LogP contribution in [0.2, 0.25) is 0 Å². The summed E-state index contributed by atoms with van der Waals surface area (Å²) in [6, 6.07) is 5.41. The topological polar surface area (TPSA) is 98.2 Å². The van der Waals surface area contributed by atoms with Crippen LogP contribution in [-0.4, -0.2) is 56.4 Å². The van der Waals surface area contributed by atoms with E-state index >= 15 is 0 Å². The van der Waals surface area contributed by atoms with E-state index in [0.717, 1.165) is 43.3 Å². The number of benzene rings is 1. The number of nitrogens with zero attached hydrogens (tertiary/aromatic N) is 5. The maximum absolute atomic E-state index is 13.3. The van der Waals surface area contributed by atoms with Crippen molar-refractivity contribution in [2.75, 3.05) is 26.3 Å². The molecule has 0 saturated carbocycles. The standard InChI is InChI=1S/C22H28N6O3/c1-4-22(2,3)28-20(24-25-26-28)19(27-7-5-6-8-27)15-11-14-12-17-18(31-10-9-30-17)13-16(14)23-21(15)29/h11-13,19H,4-10H2,1-3H3,(H,23,29)/t19-/m1/s1. The van der Waals surface area contributed by atoms with E-state index < -0.39 is 0 Å². The molecule has 1 saturated heterocycles. The number of aromatic amines is 1. The molecule has 0 aliphatic carbocycles. The number of rotatable bonds is 5. The Bertz CT molecular complexity index is 1160. The van der Waals surface area contributed by atoms with Gasteiger partial charge in [0, 0.05) is 17.0 Å². The van der Waals surface area contributed by atoms with Crippen molar-refractivity contribution in [3.8, 4) is 11.5 Å². The lowest BCUT2D eigenvalue weighted by Crippen LogP contribution is -2.37. The number of H-pyrrole nitrogens is 1.